The van der Waals surface area contributed by atoms with E-state index in [1.54, 1.807) is 31.2 Å². The second-order valence-electron chi connectivity index (χ2n) is 3.22. The molecule has 0 fully saturated rings. The number of hydrogen-bond acceptors (Lipinski definition) is 3. The van der Waals surface area contributed by atoms with E-state index in [-0.39, 0.29) is 11.8 Å². The van der Waals surface area contributed by atoms with Gasteiger partial charge in [0.2, 0.25) is 0 Å². The monoisotopic (exact) mass is 277 g/mol. The molecule has 0 spiro atoms. The van der Waals surface area contributed by atoms with Crippen molar-refractivity contribution in [1.82, 2.24) is 0 Å². The Morgan fingerprint density at radius 3 is 2.64 bits per heavy atom. The summed E-state index contributed by atoms with van der Waals surface area (Å²) in [6.07, 6.45) is 0. The van der Waals surface area contributed by atoms with E-state index in [9.17, 15) is 8.42 Å². The fourth-order valence-electron chi connectivity index (χ4n) is 1.10. The van der Waals surface area contributed by atoms with E-state index in [2.05, 4.69) is 15.9 Å². The van der Waals surface area contributed by atoms with Gasteiger partial charge in [-0.25, -0.2) is 8.42 Å². The predicted octanol–water partition coefficient (Wildman–Crippen LogP) is 1.57. The van der Waals surface area contributed by atoms with Crippen molar-refractivity contribution in [2.24, 2.45) is 5.73 Å². The molecule has 0 heterocycles. The zero-order valence-corrected chi connectivity index (χ0v) is 10.2. The number of hydrogen-bond donors (Lipinski definition) is 1. The molecule has 1 aromatic rings. The molecule has 3 nitrogen and oxygen atoms in total. The van der Waals surface area contributed by atoms with Gasteiger partial charge in [0.25, 0.3) is 0 Å². The van der Waals surface area contributed by atoms with Crippen LogP contribution in [0.3, 0.4) is 0 Å². The van der Waals surface area contributed by atoms with Gasteiger partial charge in [-0.15, -0.1) is 0 Å². The highest BCUT2D eigenvalue weighted by molar-refractivity contribution is 9.10. The summed E-state index contributed by atoms with van der Waals surface area (Å²) in [4.78, 5) is 0.309. The van der Waals surface area contributed by atoms with Crippen molar-refractivity contribution in [1.29, 1.82) is 0 Å². The van der Waals surface area contributed by atoms with E-state index < -0.39 is 9.84 Å². The molecule has 1 unspecified atom stereocenters. The van der Waals surface area contributed by atoms with Gasteiger partial charge in [0, 0.05) is 10.5 Å². The Morgan fingerprint density at radius 2 is 2.14 bits per heavy atom. The molecule has 78 valence electrons. The van der Waals surface area contributed by atoms with Gasteiger partial charge >= 0.3 is 0 Å². The summed E-state index contributed by atoms with van der Waals surface area (Å²) >= 11 is 3.23. The van der Waals surface area contributed by atoms with Gasteiger partial charge in [-0.2, -0.15) is 0 Å². The predicted molar refractivity (Wildman–Crippen MR) is 59.8 cm³/mol. The number of sulfone groups is 1. The molecule has 14 heavy (non-hydrogen) atoms. The Kier molecular flexibility index (Phi) is 3.69. The van der Waals surface area contributed by atoms with Gasteiger partial charge in [-0.3, -0.25) is 0 Å². The number of benzene rings is 1. The Hall–Kier alpha value is -0.390. The van der Waals surface area contributed by atoms with Crippen molar-refractivity contribution in [3.63, 3.8) is 0 Å². The molecule has 0 aliphatic carbocycles. The molecule has 0 amide bonds. The van der Waals surface area contributed by atoms with Crippen LogP contribution in [0, 0.1) is 0 Å². The van der Waals surface area contributed by atoms with Crippen LogP contribution in [-0.4, -0.2) is 20.2 Å². The number of nitrogens with two attached hydrogens (primary N) is 1. The molecule has 0 radical (unpaired) electrons. The van der Waals surface area contributed by atoms with Crippen molar-refractivity contribution >= 4 is 25.8 Å². The zero-order chi connectivity index (χ0) is 10.8. The fraction of sp³-hybridized carbons (Fsp3) is 0.333. The SMILES string of the molecule is CC(N)CS(=O)(=O)c1cccc(Br)c1. The Morgan fingerprint density at radius 1 is 1.50 bits per heavy atom. The summed E-state index contributed by atoms with van der Waals surface area (Å²) in [5.41, 5.74) is 5.46. The molecule has 0 saturated carbocycles. The highest BCUT2D eigenvalue weighted by Crippen LogP contribution is 2.17. The quantitative estimate of drug-likeness (QED) is 0.913. The lowest BCUT2D eigenvalue weighted by molar-refractivity contribution is 0.590. The topological polar surface area (TPSA) is 60.2 Å². The van der Waals surface area contributed by atoms with Crippen molar-refractivity contribution in [3.8, 4) is 0 Å². The summed E-state index contributed by atoms with van der Waals surface area (Å²) < 4.78 is 24.1. The van der Waals surface area contributed by atoms with Crippen molar-refractivity contribution in [2.75, 3.05) is 5.75 Å². The van der Waals surface area contributed by atoms with Gasteiger partial charge in [0.1, 0.15) is 0 Å². The van der Waals surface area contributed by atoms with Gasteiger partial charge in [0.05, 0.1) is 10.6 Å². The van der Waals surface area contributed by atoms with E-state index in [1.807, 2.05) is 0 Å². The molecular weight excluding hydrogens is 266 g/mol. The minimum absolute atomic E-state index is 0.0244. The molecule has 0 saturated heterocycles. The highest BCUT2D eigenvalue weighted by Gasteiger charge is 2.16. The van der Waals surface area contributed by atoms with Gasteiger partial charge in [0.15, 0.2) is 9.84 Å². The minimum Gasteiger partial charge on any atom is -0.327 e. The Labute approximate surface area is 92.4 Å². The minimum atomic E-state index is -3.24. The lowest BCUT2D eigenvalue weighted by atomic mass is 10.4. The summed E-state index contributed by atoms with van der Waals surface area (Å²) in [5.74, 6) is -0.0244. The zero-order valence-electron chi connectivity index (χ0n) is 7.77. The average molecular weight is 278 g/mol. The Balaban J connectivity index is 3.05. The molecule has 0 aliphatic heterocycles. The lowest BCUT2D eigenvalue weighted by Gasteiger charge is -2.07. The smallest absolute Gasteiger partial charge is 0.179 e. The first kappa shape index (κ1) is 11.7. The average Bonchev–Trinajstić information content (AvgIpc) is 2.01. The molecule has 1 aromatic carbocycles. The molecule has 5 heteroatoms. The van der Waals surface area contributed by atoms with Gasteiger partial charge < -0.3 is 5.73 Å². The third-order valence-corrected chi connectivity index (χ3v) is 4.07. The summed E-state index contributed by atoms with van der Waals surface area (Å²) in [6.45, 7) is 1.68. The van der Waals surface area contributed by atoms with Crippen LogP contribution in [-0.2, 0) is 9.84 Å². The first-order valence-electron chi connectivity index (χ1n) is 4.16. The molecule has 1 rings (SSSR count). The number of rotatable bonds is 3. The molecule has 1 atom stereocenters. The summed E-state index contributed by atoms with van der Waals surface area (Å²) in [6, 6.07) is 6.28. The second-order valence-corrected chi connectivity index (χ2v) is 6.17. The molecule has 0 aliphatic rings. The van der Waals surface area contributed by atoms with Crippen LogP contribution in [0.25, 0.3) is 0 Å². The summed E-state index contributed by atoms with van der Waals surface area (Å²) in [7, 11) is -3.24. The third kappa shape index (κ3) is 3.08. The number of halogens is 1. The largest absolute Gasteiger partial charge is 0.327 e. The Bertz CT molecular complexity index is 415. The van der Waals surface area contributed by atoms with E-state index in [0.717, 1.165) is 4.47 Å². The molecular formula is C9H12BrNO2S. The van der Waals surface area contributed by atoms with Gasteiger partial charge in [-0.05, 0) is 25.1 Å². The second kappa shape index (κ2) is 4.42. The van der Waals surface area contributed by atoms with Crippen molar-refractivity contribution in [3.05, 3.63) is 28.7 Å². The fourth-order valence-corrected chi connectivity index (χ4v) is 3.13. The van der Waals surface area contributed by atoms with E-state index in [4.69, 9.17) is 5.73 Å². The van der Waals surface area contributed by atoms with Crippen LogP contribution in [0.4, 0.5) is 0 Å². The van der Waals surface area contributed by atoms with Crippen LogP contribution in [0.2, 0.25) is 0 Å². The van der Waals surface area contributed by atoms with Gasteiger partial charge in [-0.1, -0.05) is 22.0 Å². The molecule has 0 bridgehead atoms. The molecule has 2 N–H and O–H groups in total. The maximum absolute atomic E-state index is 11.7. The van der Waals surface area contributed by atoms with Crippen molar-refractivity contribution in [2.45, 2.75) is 17.9 Å². The maximum atomic E-state index is 11.7. The van der Waals surface area contributed by atoms with Crippen molar-refractivity contribution < 1.29 is 8.42 Å². The summed E-state index contributed by atoms with van der Waals surface area (Å²) in [5, 5.41) is 0. The van der Waals surface area contributed by atoms with E-state index in [1.165, 1.54) is 0 Å². The van der Waals surface area contributed by atoms with Crippen LogP contribution in [0.15, 0.2) is 33.6 Å². The first-order valence-corrected chi connectivity index (χ1v) is 6.60. The first-order chi connectivity index (χ1) is 6.42. The van der Waals surface area contributed by atoms with E-state index >= 15 is 0 Å². The van der Waals surface area contributed by atoms with Crippen LogP contribution < -0.4 is 5.73 Å². The third-order valence-electron chi connectivity index (χ3n) is 1.64. The normalized spacial score (nSPS) is 13.9. The van der Waals surface area contributed by atoms with Crippen LogP contribution >= 0.6 is 15.9 Å². The lowest BCUT2D eigenvalue weighted by Crippen LogP contribution is -2.26. The highest BCUT2D eigenvalue weighted by atomic mass is 79.9. The molecule has 0 aromatic heterocycles. The van der Waals surface area contributed by atoms with Crippen LogP contribution in [0.1, 0.15) is 6.92 Å². The standard InChI is InChI=1S/C9H12BrNO2S/c1-7(11)6-14(12,13)9-4-2-3-8(10)5-9/h2-5,7H,6,11H2,1H3. The maximum Gasteiger partial charge on any atom is 0.179 e. The van der Waals surface area contributed by atoms with Crippen LogP contribution in [0.5, 0.6) is 0 Å². The van der Waals surface area contributed by atoms with E-state index in [0.29, 0.717) is 4.90 Å².